The lowest BCUT2D eigenvalue weighted by molar-refractivity contribution is 0.413. The van der Waals surface area contributed by atoms with Crippen LogP contribution in [0.2, 0.25) is 0 Å². The van der Waals surface area contributed by atoms with Crippen molar-refractivity contribution in [2.45, 2.75) is 5.75 Å². The molecular weight excluding hydrogens is 310 g/mol. The summed E-state index contributed by atoms with van der Waals surface area (Å²) in [6.07, 6.45) is 4.87. The molecule has 0 saturated carbocycles. The quantitative estimate of drug-likeness (QED) is 0.796. The van der Waals surface area contributed by atoms with Gasteiger partial charge in [-0.3, -0.25) is 14.7 Å². The monoisotopic (exact) mass is 327 g/mol. The van der Waals surface area contributed by atoms with Crippen LogP contribution >= 0.6 is 0 Å². The number of pyridine rings is 2. The van der Waals surface area contributed by atoms with Gasteiger partial charge in [-0.15, -0.1) is 0 Å². The highest BCUT2D eigenvalue weighted by atomic mass is 32.2. The van der Waals surface area contributed by atoms with Crippen molar-refractivity contribution in [1.29, 1.82) is 4.78 Å². The summed E-state index contributed by atoms with van der Waals surface area (Å²) >= 11 is 0. The van der Waals surface area contributed by atoms with Crippen LogP contribution in [0, 0.1) is 4.78 Å². The molecule has 1 N–H and O–H groups in total. The molecule has 0 spiro atoms. The molecule has 1 atom stereocenters. The van der Waals surface area contributed by atoms with E-state index >= 15 is 0 Å². The van der Waals surface area contributed by atoms with Crippen molar-refractivity contribution >= 4 is 20.8 Å². The van der Waals surface area contributed by atoms with Gasteiger partial charge in [-0.2, -0.15) is 0 Å². The molecule has 0 saturated heterocycles. The van der Waals surface area contributed by atoms with Gasteiger partial charge in [0.1, 0.15) is 5.75 Å². The highest BCUT2D eigenvalue weighted by Crippen LogP contribution is 2.28. The summed E-state index contributed by atoms with van der Waals surface area (Å²) in [6, 6.07) is 11.5. The fourth-order valence-electron chi connectivity index (χ4n) is 2.45. The van der Waals surface area contributed by atoms with E-state index in [0.717, 1.165) is 27.7 Å². The first-order valence-electron chi connectivity index (χ1n) is 7.06. The second-order valence-electron chi connectivity index (χ2n) is 5.45. The number of methoxy groups -OCH3 is 1. The van der Waals surface area contributed by atoms with Crippen molar-refractivity contribution in [1.82, 2.24) is 9.97 Å². The molecule has 0 bridgehead atoms. The number of hydrogen-bond donors (Lipinski definition) is 1. The number of benzene rings is 1. The van der Waals surface area contributed by atoms with Gasteiger partial charge in [0.05, 0.1) is 30.1 Å². The van der Waals surface area contributed by atoms with Crippen LogP contribution in [0.15, 0.2) is 48.8 Å². The third kappa shape index (κ3) is 3.48. The van der Waals surface area contributed by atoms with Crippen LogP contribution < -0.4 is 4.74 Å². The van der Waals surface area contributed by atoms with Crippen molar-refractivity contribution in [2.75, 3.05) is 13.4 Å². The summed E-state index contributed by atoms with van der Waals surface area (Å²) in [4.78, 5) is 8.78. The van der Waals surface area contributed by atoms with E-state index in [1.54, 1.807) is 19.5 Å². The predicted octanol–water partition coefficient (Wildman–Crippen LogP) is 3.48. The van der Waals surface area contributed by atoms with Crippen LogP contribution in [0.4, 0.5) is 0 Å². The van der Waals surface area contributed by atoms with E-state index in [-0.39, 0.29) is 5.75 Å². The summed E-state index contributed by atoms with van der Waals surface area (Å²) in [5, 5.41) is 0. The molecular formula is C17H17N3O2S. The molecule has 23 heavy (non-hydrogen) atoms. The molecule has 3 aromatic rings. The average molecular weight is 327 g/mol. The average Bonchev–Trinajstić information content (AvgIpc) is 2.53. The maximum atomic E-state index is 11.6. The van der Waals surface area contributed by atoms with E-state index in [9.17, 15) is 4.21 Å². The zero-order valence-corrected chi connectivity index (χ0v) is 13.8. The summed E-state index contributed by atoms with van der Waals surface area (Å²) in [6.45, 7) is 0. The van der Waals surface area contributed by atoms with E-state index in [2.05, 4.69) is 9.97 Å². The molecule has 5 nitrogen and oxygen atoms in total. The van der Waals surface area contributed by atoms with Gasteiger partial charge in [0, 0.05) is 33.8 Å². The van der Waals surface area contributed by atoms with Crippen LogP contribution in [0.3, 0.4) is 0 Å². The number of ether oxygens (including phenoxy) is 1. The van der Waals surface area contributed by atoms with Gasteiger partial charge in [-0.1, -0.05) is 24.3 Å². The second-order valence-corrected chi connectivity index (χ2v) is 7.75. The first kappa shape index (κ1) is 15.4. The first-order chi connectivity index (χ1) is 11.0. The molecule has 6 heteroatoms. The third-order valence-corrected chi connectivity index (χ3v) is 4.38. The van der Waals surface area contributed by atoms with Crippen LogP contribution in [-0.4, -0.2) is 27.5 Å². The summed E-state index contributed by atoms with van der Waals surface area (Å²) in [5.74, 6) is 0.936. The van der Waals surface area contributed by atoms with Gasteiger partial charge < -0.3 is 4.74 Å². The molecule has 0 aliphatic carbocycles. The Bertz CT molecular complexity index is 951. The number of aromatic nitrogens is 2. The predicted molar refractivity (Wildman–Crippen MR) is 92.0 cm³/mol. The molecule has 1 unspecified atom stereocenters. The molecule has 0 aliphatic rings. The Balaban J connectivity index is 2.03. The van der Waals surface area contributed by atoms with Crippen LogP contribution in [0.1, 0.15) is 5.56 Å². The highest BCUT2D eigenvalue weighted by Gasteiger charge is 2.08. The Kier molecular flexibility index (Phi) is 4.00. The van der Waals surface area contributed by atoms with E-state index in [1.807, 2.05) is 36.4 Å². The topological polar surface area (TPSA) is 75.9 Å². The Morgan fingerprint density at radius 1 is 1.17 bits per heavy atom. The Morgan fingerprint density at radius 2 is 1.91 bits per heavy atom. The number of nitrogens with one attached hydrogen (secondary N) is 1. The van der Waals surface area contributed by atoms with Gasteiger partial charge in [0.15, 0.2) is 0 Å². The van der Waals surface area contributed by atoms with Gasteiger partial charge >= 0.3 is 0 Å². The molecule has 0 amide bonds. The molecule has 2 heterocycles. The maximum absolute atomic E-state index is 11.6. The van der Waals surface area contributed by atoms with Gasteiger partial charge in [-0.05, 0) is 17.2 Å². The van der Waals surface area contributed by atoms with Crippen LogP contribution in [0.25, 0.3) is 22.2 Å². The second kappa shape index (κ2) is 5.96. The summed E-state index contributed by atoms with van der Waals surface area (Å²) in [5.41, 5.74) is 4.46. The van der Waals surface area contributed by atoms with Gasteiger partial charge in [-0.25, -0.2) is 4.21 Å². The number of hydrogen-bond acceptors (Lipinski definition) is 5. The van der Waals surface area contributed by atoms with Crippen molar-refractivity contribution in [3.05, 3.63) is 54.4 Å². The van der Waals surface area contributed by atoms with Crippen molar-refractivity contribution in [3.63, 3.8) is 0 Å². The van der Waals surface area contributed by atoms with E-state index < -0.39 is 9.73 Å². The summed E-state index contributed by atoms with van der Waals surface area (Å²) in [7, 11) is -0.933. The van der Waals surface area contributed by atoms with Crippen LogP contribution in [0.5, 0.6) is 5.75 Å². The maximum Gasteiger partial charge on any atom is 0.139 e. The molecule has 0 fully saturated rings. The minimum atomic E-state index is -2.53. The van der Waals surface area contributed by atoms with E-state index in [0.29, 0.717) is 5.75 Å². The van der Waals surface area contributed by atoms with Gasteiger partial charge in [0.2, 0.25) is 0 Å². The Labute approximate surface area is 135 Å². The molecule has 118 valence electrons. The number of nitrogens with zero attached hydrogens (tertiary/aromatic N) is 2. The molecule has 0 aliphatic heterocycles. The zero-order valence-electron chi connectivity index (χ0n) is 12.9. The highest BCUT2D eigenvalue weighted by molar-refractivity contribution is 7.90. The smallest absolute Gasteiger partial charge is 0.139 e. The fraction of sp³-hybridized carbons (Fsp3) is 0.176. The number of rotatable bonds is 4. The Morgan fingerprint density at radius 3 is 2.57 bits per heavy atom. The van der Waals surface area contributed by atoms with E-state index in [1.165, 1.54) is 6.26 Å². The lowest BCUT2D eigenvalue weighted by atomic mass is 10.0. The zero-order chi connectivity index (χ0) is 16.4. The minimum absolute atomic E-state index is 0.264. The van der Waals surface area contributed by atoms with Crippen molar-refractivity contribution in [2.24, 2.45) is 0 Å². The Hall–Kier alpha value is -2.47. The lowest BCUT2D eigenvalue weighted by Gasteiger charge is -2.08. The first-order valence-corrected chi connectivity index (χ1v) is 9.19. The number of fused-ring (bicyclic) bond motifs is 1. The van der Waals surface area contributed by atoms with Gasteiger partial charge in [0.25, 0.3) is 0 Å². The summed E-state index contributed by atoms with van der Waals surface area (Å²) < 4.78 is 24.3. The normalized spacial score (nSPS) is 13.7. The van der Waals surface area contributed by atoms with E-state index in [4.69, 9.17) is 9.52 Å². The third-order valence-electron chi connectivity index (χ3n) is 3.50. The molecule has 0 radical (unpaired) electrons. The van der Waals surface area contributed by atoms with Crippen LogP contribution in [-0.2, 0) is 15.5 Å². The van der Waals surface area contributed by atoms with Crippen molar-refractivity contribution in [3.8, 4) is 16.9 Å². The molecule has 3 rings (SSSR count). The standard InChI is InChI=1S/C17H17N3O2S/c1-22-14-9-16-17(20-10-14)15(7-8-19-16)13-5-3-12(4-6-13)11-23(2,18)21/h3-10,18H,11H2,1-2H3. The van der Waals surface area contributed by atoms with Crippen molar-refractivity contribution < 1.29 is 8.95 Å². The molecule has 2 aromatic heterocycles. The lowest BCUT2D eigenvalue weighted by Crippen LogP contribution is -1.98. The SMILES string of the molecule is COc1cnc2c(-c3ccc(CS(C)(=N)=O)cc3)ccnc2c1. The molecule has 1 aromatic carbocycles. The largest absolute Gasteiger partial charge is 0.495 e. The minimum Gasteiger partial charge on any atom is -0.495 e. The fourth-order valence-corrected chi connectivity index (χ4v) is 3.28.